The Balaban J connectivity index is 1.43. The van der Waals surface area contributed by atoms with E-state index in [0.29, 0.717) is 25.2 Å². The van der Waals surface area contributed by atoms with E-state index < -0.39 is 18.2 Å². The van der Waals surface area contributed by atoms with Crippen molar-refractivity contribution in [1.82, 2.24) is 13.9 Å². The Morgan fingerprint density at radius 3 is 2.51 bits per heavy atom. The summed E-state index contributed by atoms with van der Waals surface area (Å²) in [7, 11) is 0. The number of carbonyl (C=O) groups excluding carboxylic acids is 1. The number of nitrogens with zero attached hydrogens (tertiary/aromatic N) is 3. The van der Waals surface area contributed by atoms with Crippen LogP contribution in [0.3, 0.4) is 0 Å². The number of hydrogen-bond acceptors (Lipinski definition) is 5. The van der Waals surface area contributed by atoms with Gasteiger partial charge in [-0.15, -0.1) is 11.6 Å². The normalized spacial score (nSPS) is 37.4. The average Bonchev–Trinajstić information content (AvgIpc) is 3.40. The van der Waals surface area contributed by atoms with Crippen molar-refractivity contribution in [2.24, 2.45) is 34.5 Å². The van der Waals surface area contributed by atoms with Crippen LogP contribution in [0.5, 0.6) is 0 Å². The number of benzene rings is 1. The Hall–Kier alpha value is -2.58. The van der Waals surface area contributed by atoms with Gasteiger partial charge in [0.05, 0.1) is 24.9 Å². The Labute approximate surface area is 233 Å². The van der Waals surface area contributed by atoms with Crippen molar-refractivity contribution in [3.05, 3.63) is 62.9 Å². The second-order valence-electron chi connectivity index (χ2n) is 12.5. The first kappa shape index (κ1) is 26.6. The zero-order chi connectivity index (χ0) is 27.7. The molecule has 3 saturated carbocycles. The van der Waals surface area contributed by atoms with Gasteiger partial charge in [0.2, 0.25) is 0 Å². The number of aromatic nitrogens is 3. The van der Waals surface area contributed by atoms with Crippen LogP contribution in [0.4, 0.5) is 0 Å². The number of hydrogen-bond donors (Lipinski definition) is 1. The lowest BCUT2D eigenvalue weighted by Crippen LogP contribution is -2.56. The molecular formula is C30H38ClN3O5. The summed E-state index contributed by atoms with van der Waals surface area (Å²) in [5.74, 6) is -0.107. The first-order chi connectivity index (χ1) is 18.6. The minimum Gasteiger partial charge on any atom is -0.461 e. The number of fused-ring (bicyclic) bond motifs is 1. The average molecular weight is 556 g/mol. The number of para-hydroxylation sites is 1. The van der Waals surface area contributed by atoms with E-state index >= 15 is 0 Å². The van der Waals surface area contributed by atoms with E-state index in [1.807, 2.05) is 18.2 Å². The topological polar surface area (TPSA) is 95.5 Å². The molecule has 1 aromatic carbocycles. The molecule has 210 valence electrons. The van der Waals surface area contributed by atoms with E-state index in [-0.39, 0.29) is 51.8 Å². The molecule has 1 N–H and O–H groups in total. The first-order valence-corrected chi connectivity index (χ1v) is 14.8. The molecule has 39 heavy (non-hydrogen) atoms. The number of aliphatic hydroxyl groups excluding tert-OH is 1. The molecule has 2 bridgehead atoms. The molecule has 0 saturated heterocycles. The highest BCUT2D eigenvalue weighted by Crippen LogP contribution is 2.69. The van der Waals surface area contributed by atoms with Gasteiger partial charge in [0.15, 0.2) is 0 Å². The van der Waals surface area contributed by atoms with Crippen molar-refractivity contribution in [2.75, 3.05) is 5.88 Å². The molecule has 1 aromatic heterocycles. The summed E-state index contributed by atoms with van der Waals surface area (Å²) in [4.78, 5) is 39.4. The molecular weight excluding hydrogens is 518 g/mol. The smallest absolute Gasteiger partial charge is 0.352 e. The standard InChI is InChI=1S/C30H38ClN3O5/c1-18-9-12-30-13-10-23(35)26(30)29(18,3)24(39-25(36)16-31)15-22(19(30)2)20-11-14-32-27(37)34(28(38)33(32)17-20)21-7-5-4-6-8-21/h4-8,11,18-19,22-24,26,35H,9-10,12-17H2,1-3H3/t18?,19-,22+,23?,24?,26-,29-,30-/m0/s1. The molecule has 9 heteroatoms. The number of esters is 1. The maximum Gasteiger partial charge on any atom is 0.352 e. The second kappa shape index (κ2) is 9.51. The summed E-state index contributed by atoms with van der Waals surface area (Å²) in [6, 6.07) is 9.01. The predicted molar refractivity (Wildman–Crippen MR) is 148 cm³/mol. The highest BCUT2D eigenvalue weighted by Gasteiger charge is 2.67. The molecule has 0 amide bonds. The van der Waals surface area contributed by atoms with Crippen LogP contribution in [0, 0.1) is 34.5 Å². The number of aliphatic hydroxyl groups is 1. The van der Waals surface area contributed by atoms with Crippen LogP contribution in [0.25, 0.3) is 5.69 Å². The molecule has 3 fully saturated rings. The highest BCUT2D eigenvalue weighted by atomic mass is 35.5. The fourth-order valence-corrected chi connectivity index (χ4v) is 9.14. The zero-order valence-corrected chi connectivity index (χ0v) is 23.6. The fourth-order valence-electron chi connectivity index (χ4n) is 9.08. The zero-order valence-electron chi connectivity index (χ0n) is 22.9. The van der Waals surface area contributed by atoms with Crippen LogP contribution in [0.15, 0.2) is 51.6 Å². The van der Waals surface area contributed by atoms with E-state index in [0.717, 1.165) is 31.3 Å². The summed E-state index contributed by atoms with van der Waals surface area (Å²) in [5, 5.41) is 11.4. The van der Waals surface area contributed by atoms with Crippen LogP contribution in [0.1, 0.15) is 52.9 Å². The molecule has 0 radical (unpaired) electrons. The van der Waals surface area contributed by atoms with Gasteiger partial charge in [-0.25, -0.2) is 23.5 Å². The second-order valence-corrected chi connectivity index (χ2v) is 12.8. The van der Waals surface area contributed by atoms with Gasteiger partial charge in [-0.3, -0.25) is 4.79 Å². The predicted octanol–water partition coefficient (Wildman–Crippen LogP) is 3.74. The van der Waals surface area contributed by atoms with Crippen molar-refractivity contribution >= 4 is 17.6 Å². The molecule has 6 rings (SSSR count). The number of ether oxygens (including phenoxy) is 1. The van der Waals surface area contributed by atoms with Crippen molar-refractivity contribution in [3.8, 4) is 5.69 Å². The summed E-state index contributed by atoms with van der Waals surface area (Å²) >= 11 is 5.91. The lowest BCUT2D eigenvalue weighted by Gasteiger charge is -2.57. The molecule has 2 aromatic rings. The van der Waals surface area contributed by atoms with Crippen LogP contribution >= 0.6 is 11.6 Å². The third kappa shape index (κ3) is 3.77. The molecule has 4 aliphatic rings. The molecule has 1 aliphatic heterocycles. The molecule has 3 aliphatic carbocycles. The Bertz CT molecular complexity index is 1430. The third-order valence-corrected chi connectivity index (χ3v) is 11.4. The summed E-state index contributed by atoms with van der Waals surface area (Å²) < 4.78 is 10.4. The van der Waals surface area contributed by atoms with Crippen molar-refractivity contribution < 1.29 is 14.6 Å². The highest BCUT2D eigenvalue weighted by molar-refractivity contribution is 6.26. The summed E-state index contributed by atoms with van der Waals surface area (Å²) in [6.07, 6.45) is 5.60. The van der Waals surface area contributed by atoms with Gasteiger partial charge in [-0.1, -0.05) is 45.0 Å². The monoisotopic (exact) mass is 555 g/mol. The quantitative estimate of drug-likeness (QED) is 0.352. The molecule has 2 heterocycles. The summed E-state index contributed by atoms with van der Waals surface area (Å²) in [6.45, 7) is 7.35. The molecule has 8 atom stereocenters. The van der Waals surface area contributed by atoms with Crippen LogP contribution in [0.2, 0.25) is 0 Å². The maximum atomic E-state index is 13.5. The Morgan fingerprint density at radius 1 is 1.10 bits per heavy atom. The van der Waals surface area contributed by atoms with Gasteiger partial charge < -0.3 is 9.84 Å². The van der Waals surface area contributed by atoms with Crippen LogP contribution < -0.4 is 11.4 Å². The van der Waals surface area contributed by atoms with E-state index in [9.17, 15) is 19.5 Å². The third-order valence-electron chi connectivity index (χ3n) is 11.2. The Morgan fingerprint density at radius 2 is 1.79 bits per heavy atom. The molecule has 0 spiro atoms. The van der Waals surface area contributed by atoms with E-state index in [1.54, 1.807) is 16.8 Å². The van der Waals surface area contributed by atoms with Gasteiger partial charge >= 0.3 is 17.3 Å². The summed E-state index contributed by atoms with van der Waals surface area (Å²) in [5.41, 5.74) is 0.487. The SMILES string of the molecule is CC1CC[C@@]23CCC(O)[C@H]2[C@]1(C)C(OC(=O)CCl)C[C@@H](C1=CCn2c(=O)n(-c4ccccc4)c(=O)n2C1)[C@@H]3C. The largest absolute Gasteiger partial charge is 0.461 e. The number of carbonyl (C=O) groups is 1. The maximum absolute atomic E-state index is 13.5. The van der Waals surface area contributed by atoms with Crippen LogP contribution in [-0.4, -0.2) is 43.1 Å². The van der Waals surface area contributed by atoms with Gasteiger partial charge in [0.1, 0.15) is 12.0 Å². The fraction of sp³-hybridized carbons (Fsp3) is 0.633. The minimum atomic E-state index is -0.441. The van der Waals surface area contributed by atoms with E-state index in [4.69, 9.17) is 16.3 Å². The van der Waals surface area contributed by atoms with Crippen molar-refractivity contribution in [2.45, 2.75) is 78.2 Å². The van der Waals surface area contributed by atoms with E-state index in [1.165, 1.54) is 9.25 Å². The van der Waals surface area contributed by atoms with Crippen molar-refractivity contribution in [1.29, 1.82) is 0 Å². The lowest BCUT2D eigenvalue weighted by molar-refractivity contribution is -0.177. The number of halogens is 1. The van der Waals surface area contributed by atoms with Gasteiger partial charge in [-0.2, -0.15) is 0 Å². The van der Waals surface area contributed by atoms with E-state index in [2.05, 4.69) is 26.8 Å². The first-order valence-electron chi connectivity index (χ1n) is 14.2. The number of alkyl halides is 1. The van der Waals surface area contributed by atoms with Gasteiger partial charge in [0, 0.05) is 5.41 Å². The lowest BCUT2D eigenvalue weighted by atomic mass is 9.49. The van der Waals surface area contributed by atoms with Gasteiger partial charge in [-0.05, 0) is 78.9 Å². The molecule has 8 nitrogen and oxygen atoms in total. The minimum absolute atomic E-state index is 0.0196. The number of rotatable bonds is 4. The molecule has 3 unspecified atom stereocenters. The number of allylic oxidation sites excluding steroid dienone is 2. The van der Waals surface area contributed by atoms with Gasteiger partial charge in [0.25, 0.3) is 0 Å². The van der Waals surface area contributed by atoms with Crippen molar-refractivity contribution in [3.63, 3.8) is 0 Å². The van der Waals surface area contributed by atoms with Crippen LogP contribution in [-0.2, 0) is 22.6 Å². The Kier molecular flexibility index (Phi) is 6.50.